The van der Waals surface area contributed by atoms with Gasteiger partial charge in [-0.2, -0.15) is 0 Å². The number of hydrogen-bond donors (Lipinski definition) is 3. The summed E-state index contributed by atoms with van der Waals surface area (Å²) in [5.41, 5.74) is 1.75. The van der Waals surface area contributed by atoms with Crippen LogP contribution in [0.5, 0.6) is 11.5 Å². The number of aromatic hydroxyl groups is 2. The molecule has 0 saturated carbocycles. The maximum Gasteiger partial charge on any atom is 0.115 e. The summed E-state index contributed by atoms with van der Waals surface area (Å²) in [7, 11) is 0. The van der Waals surface area contributed by atoms with E-state index in [0.717, 1.165) is 16.7 Å². The Morgan fingerprint density at radius 3 is 1.57 bits per heavy atom. The molecule has 3 nitrogen and oxygen atoms in total. The minimum atomic E-state index is -0.969. The highest BCUT2D eigenvalue weighted by atomic mass is 16.3. The lowest BCUT2D eigenvalue weighted by atomic mass is 9.58. The van der Waals surface area contributed by atoms with Gasteiger partial charge >= 0.3 is 0 Å². The molecule has 1 aliphatic carbocycles. The SMILES string of the molecule is CC(C)(C)C1C=C(C(c2ccc(O)cc2)c2ccc(O)cc2)C=CC1(O)C(C)(C)C. The Bertz CT molecular complexity index is 892. The second kappa shape index (κ2) is 7.63. The largest absolute Gasteiger partial charge is 0.508 e. The first-order chi connectivity index (χ1) is 13.8. The first-order valence-corrected chi connectivity index (χ1v) is 10.5. The van der Waals surface area contributed by atoms with Gasteiger partial charge in [0.05, 0.1) is 5.60 Å². The summed E-state index contributed by atoms with van der Waals surface area (Å²) >= 11 is 0. The predicted octanol–water partition coefficient (Wildman–Crippen LogP) is 6.17. The molecule has 0 spiro atoms. The molecule has 0 heterocycles. The standard InChI is InChI=1S/C27H34O3/c1-25(2,3)23-17-20(15-16-27(23,30)26(4,5)6)24(18-7-11-21(28)12-8-18)19-9-13-22(29)14-10-19/h7-17,23-24,28-30H,1-6H3. The van der Waals surface area contributed by atoms with E-state index in [4.69, 9.17) is 0 Å². The van der Waals surface area contributed by atoms with Gasteiger partial charge in [0.25, 0.3) is 0 Å². The van der Waals surface area contributed by atoms with E-state index in [1.165, 1.54) is 0 Å². The zero-order chi connectivity index (χ0) is 22.3. The minimum Gasteiger partial charge on any atom is -0.508 e. The molecule has 0 bridgehead atoms. The molecule has 0 fully saturated rings. The van der Waals surface area contributed by atoms with E-state index in [9.17, 15) is 15.3 Å². The van der Waals surface area contributed by atoms with Crippen molar-refractivity contribution < 1.29 is 15.3 Å². The van der Waals surface area contributed by atoms with Gasteiger partial charge in [0, 0.05) is 11.8 Å². The maximum atomic E-state index is 11.7. The minimum absolute atomic E-state index is 0.0724. The van der Waals surface area contributed by atoms with Gasteiger partial charge in [-0.15, -0.1) is 0 Å². The molecule has 160 valence electrons. The highest BCUT2D eigenvalue weighted by Crippen LogP contribution is 2.50. The quantitative estimate of drug-likeness (QED) is 0.571. The number of phenolic OH excluding ortho intramolecular Hbond substituents is 2. The van der Waals surface area contributed by atoms with Gasteiger partial charge < -0.3 is 15.3 Å². The van der Waals surface area contributed by atoms with E-state index in [2.05, 4.69) is 47.6 Å². The lowest BCUT2D eigenvalue weighted by Crippen LogP contribution is -2.52. The molecule has 2 aromatic rings. The van der Waals surface area contributed by atoms with Crippen molar-refractivity contribution in [1.29, 1.82) is 0 Å². The molecule has 2 aromatic carbocycles. The van der Waals surface area contributed by atoms with Crippen molar-refractivity contribution in [2.75, 3.05) is 0 Å². The number of rotatable bonds is 3. The van der Waals surface area contributed by atoms with Crippen LogP contribution in [-0.4, -0.2) is 20.9 Å². The first kappa shape index (κ1) is 22.2. The molecular weight excluding hydrogens is 372 g/mol. The predicted molar refractivity (Wildman–Crippen MR) is 123 cm³/mol. The van der Waals surface area contributed by atoms with Crippen LogP contribution in [-0.2, 0) is 0 Å². The van der Waals surface area contributed by atoms with Gasteiger partial charge in [-0.25, -0.2) is 0 Å². The molecule has 1 aliphatic rings. The van der Waals surface area contributed by atoms with Gasteiger partial charge in [-0.3, -0.25) is 0 Å². The van der Waals surface area contributed by atoms with Gasteiger partial charge in [-0.1, -0.05) is 84.0 Å². The van der Waals surface area contributed by atoms with Crippen LogP contribution >= 0.6 is 0 Å². The molecular formula is C27H34O3. The van der Waals surface area contributed by atoms with Crippen molar-refractivity contribution in [1.82, 2.24) is 0 Å². The lowest BCUT2D eigenvalue weighted by Gasteiger charge is -2.50. The van der Waals surface area contributed by atoms with E-state index in [0.29, 0.717) is 0 Å². The number of aliphatic hydroxyl groups is 1. The number of phenols is 2. The summed E-state index contributed by atoms with van der Waals surface area (Å²) in [6.07, 6.45) is 6.22. The Labute approximate surface area is 180 Å². The Balaban J connectivity index is 2.17. The van der Waals surface area contributed by atoms with Gasteiger partial charge in [0.15, 0.2) is 0 Å². The molecule has 0 amide bonds. The average molecular weight is 407 g/mol. The van der Waals surface area contributed by atoms with Gasteiger partial charge in [-0.05, 0) is 51.8 Å². The summed E-state index contributed by atoms with van der Waals surface area (Å²) in [5, 5.41) is 31.3. The van der Waals surface area contributed by atoms with Gasteiger partial charge in [0.2, 0.25) is 0 Å². The van der Waals surface area contributed by atoms with Crippen molar-refractivity contribution in [3.63, 3.8) is 0 Å². The molecule has 0 aromatic heterocycles. The molecule has 0 saturated heterocycles. The molecule has 30 heavy (non-hydrogen) atoms. The normalized spacial score (nSPS) is 22.3. The van der Waals surface area contributed by atoms with Crippen LogP contribution in [0.4, 0.5) is 0 Å². The number of hydrogen-bond acceptors (Lipinski definition) is 3. The summed E-state index contributed by atoms with van der Waals surface area (Å²) in [6, 6.07) is 14.5. The Hall–Kier alpha value is -2.52. The highest BCUT2D eigenvalue weighted by Gasteiger charge is 2.49. The molecule has 0 aliphatic heterocycles. The van der Waals surface area contributed by atoms with Crippen LogP contribution in [0.25, 0.3) is 0 Å². The highest BCUT2D eigenvalue weighted by molar-refractivity contribution is 5.49. The topological polar surface area (TPSA) is 60.7 Å². The van der Waals surface area contributed by atoms with Crippen molar-refractivity contribution >= 4 is 0 Å². The second-order valence-corrected chi connectivity index (χ2v) is 10.5. The summed E-state index contributed by atoms with van der Waals surface area (Å²) in [6.45, 7) is 12.7. The molecule has 3 rings (SSSR count). The zero-order valence-electron chi connectivity index (χ0n) is 18.8. The van der Waals surface area contributed by atoms with E-state index < -0.39 is 5.60 Å². The third kappa shape index (κ3) is 4.17. The monoisotopic (exact) mass is 406 g/mol. The summed E-state index contributed by atoms with van der Waals surface area (Å²) in [4.78, 5) is 0. The smallest absolute Gasteiger partial charge is 0.115 e. The van der Waals surface area contributed by atoms with Crippen LogP contribution < -0.4 is 0 Å². The molecule has 3 heteroatoms. The summed E-state index contributed by atoms with van der Waals surface area (Å²) < 4.78 is 0. The van der Waals surface area contributed by atoms with Crippen LogP contribution in [0.2, 0.25) is 0 Å². The fraction of sp³-hybridized carbons (Fsp3) is 0.407. The maximum absolute atomic E-state index is 11.7. The summed E-state index contributed by atoms with van der Waals surface area (Å²) in [5.74, 6) is 0.302. The van der Waals surface area contributed by atoms with E-state index in [1.54, 1.807) is 24.3 Å². The first-order valence-electron chi connectivity index (χ1n) is 10.5. The van der Waals surface area contributed by atoms with E-state index in [-0.39, 0.29) is 34.2 Å². The average Bonchev–Trinajstić information content (AvgIpc) is 2.64. The fourth-order valence-electron chi connectivity index (χ4n) is 4.43. The third-order valence-electron chi connectivity index (χ3n) is 6.28. The van der Waals surface area contributed by atoms with Crippen molar-refractivity contribution in [2.24, 2.45) is 16.7 Å². The van der Waals surface area contributed by atoms with E-state index >= 15 is 0 Å². The molecule has 3 N–H and O–H groups in total. The number of allylic oxidation sites excluding steroid dienone is 2. The van der Waals surface area contributed by atoms with Crippen molar-refractivity contribution in [3.8, 4) is 11.5 Å². The molecule has 2 atom stereocenters. The Morgan fingerprint density at radius 2 is 1.20 bits per heavy atom. The Morgan fingerprint density at radius 1 is 0.767 bits per heavy atom. The number of benzene rings is 2. The van der Waals surface area contributed by atoms with Gasteiger partial charge in [0.1, 0.15) is 11.5 Å². The Kier molecular flexibility index (Phi) is 5.64. The van der Waals surface area contributed by atoms with Crippen LogP contribution in [0.1, 0.15) is 58.6 Å². The van der Waals surface area contributed by atoms with E-state index in [1.807, 2.05) is 36.4 Å². The zero-order valence-corrected chi connectivity index (χ0v) is 18.8. The molecule has 0 radical (unpaired) electrons. The third-order valence-corrected chi connectivity index (χ3v) is 6.28. The molecule has 2 unspecified atom stereocenters. The second-order valence-electron chi connectivity index (χ2n) is 10.5. The van der Waals surface area contributed by atoms with Crippen LogP contribution in [0, 0.1) is 16.7 Å². The van der Waals surface area contributed by atoms with Crippen molar-refractivity contribution in [3.05, 3.63) is 83.5 Å². The fourth-order valence-corrected chi connectivity index (χ4v) is 4.43. The van der Waals surface area contributed by atoms with Crippen LogP contribution in [0.15, 0.2) is 72.3 Å². The van der Waals surface area contributed by atoms with Crippen molar-refractivity contribution in [2.45, 2.75) is 53.1 Å². The van der Waals surface area contributed by atoms with Crippen LogP contribution in [0.3, 0.4) is 0 Å². The lowest BCUT2D eigenvalue weighted by molar-refractivity contribution is -0.0805.